The number of hydrogen-bond acceptors (Lipinski definition) is 3. The van der Waals surface area contributed by atoms with Crippen LogP contribution in [0, 0.1) is 11.8 Å². The lowest BCUT2D eigenvalue weighted by Crippen LogP contribution is -2.43. The minimum atomic E-state index is -0.0162. The molecule has 1 amide bonds. The summed E-state index contributed by atoms with van der Waals surface area (Å²) in [7, 11) is 1.99. The minimum Gasteiger partial charge on any atom is -0.370 e. The van der Waals surface area contributed by atoms with Gasteiger partial charge < -0.3 is 14.6 Å². The molecular weight excluding hydrogens is 314 g/mol. The summed E-state index contributed by atoms with van der Waals surface area (Å²) in [6, 6.07) is 0.198. The average Bonchev–Trinajstić information content (AvgIpc) is 3.06. The second-order valence-electron chi connectivity index (χ2n) is 7.83. The van der Waals surface area contributed by atoms with E-state index in [2.05, 4.69) is 17.2 Å². The van der Waals surface area contributed by atoms with E-state index in [1.807, 2.05) is 17.8 Å². The molecule has 2 aliphatic rings. The van der Waals surface area contributed by atoms with E-state index in [1.165, 1.54) is 32.1 Å². The zero-order valence-electron chi connectivity index (χ0n) is 15.7. The van der Waals surface area contributed by atoms with Crippen LogP contribution < -0.4 is 5.32 Å². The van der Waals surface area contributed by atoms with Gasteiger partial charge in [0, 0.05) is 44.4 Å². The van der Waals surface area contributed by atoms with Crippen molar-refractivity contribution in [2.24, 2.45) is 18.9 Å². The monoisotopic (exact) mass is 347 g/mol. The van der Waals surface area contributed by atoms with E-state index < -0.39 is 0 Å². The van der Waals surface area contributed by atoms with E-state index in [0.29, 0.717) is 6.61 Å². The highest BCUT2D eigenvalue weighted by molar-refractivity contribution is 5.78. The van der Waals surface area contributed by atoms with Crippen LogP contribution >= 0.6 is 0 Å². The van der Waals surface area contributed by atoms with E-state index in [9.17, 15) is 4.79 Å². The van der Waals surface area contributed by atoms with Crippen LogP contribution in [0.15, 0.2) is 12.4 Å². The first-order chi connectivity index (χ1) is 12.2. The third kappa shape index (κ3) is 4.84. The molecule has 0 bridgehead atoms. The molecule has 140 valence electrons. The molecule has 3 rings (SSSR count). The van der Waals surface area contributed by atoms with Crippen molar-refractivity contribution in [1.82, 2.24) is 14.9 Å². The van der Waals surface area contributed by atoms with Crippen LogP contribution in [-0.4, -0.2) is 28.1 Å². The maximum Gasteiger partial charge on any atom is 0.223 e. The highest BCUT2D eigenvalue weighted by Gasteiger charge is 2.30. The minimum absolute atomic E-state index is 0.0162. The van der Waals surface area contributed by atoms with Crippen LogP contribution in [-0.2, 0) is 16.6 Å². The van der Waals surface area contributed by atoms with Crippen molar-refractivity contribution >= 4 is 5.91 Å². The lowest BCUT2D eigenvalue weighted by atomic mass is 9.81. The normalized spacial score (nSPS) is 26.3. The molecule has 5 heteroatoms. The first-order valence-corrected chi connectivity index (χ1v) is 10.1. The molecule has 0 radical (unpaired) electrons. The smallest absolute Gasteiger partial charge is 0.223 e. The fourth-order valence-electron chi connectivity index (χ4n) is 4.40. The van der Waals surface area contributed by atoms with Gasteiger partial charge >= 0.3 is 0 Å². The number of ether oxygens (including phenoxy) is 1. The zero-order valence-corrected chi connectivity index (χ0v) is 15.7. The van der Waals surface area contributed by atoms with Gasteiger partial charge in [-0.3, -0.25) is 4.79 Å². The van der Waals surface area contributed by atoms with Crippen molar-refractivity contribution in [3.8, 4) is 0 Å². The predicted octanol–water partition coefficient (Wildman–Crippen LogP) is 3.75. The number of nitrogens with one attached hydrogen (secondary N) is 1. The molecule has 5 nitrogen and oxygen atoms in total. The highest BCUT2D eigenvalue weighted by Crippen LogP contribution is 2.31. The summed E-state index contributed by atoms with van der Waals surface area (Å²) in [5.41, 5.74) is 0. The molecular formula is C20H33N3O2. The van der Waals surface area contributed by atoms with Crippen molar-refractivity contribution in [3.63, 3.8) is 0 Å². The molecule has 2 fully saturated rings. The largest absolute Gasteiger partial charge is 0.370 e. The summed E-state index contributed by atoms with van der Waals surface area (Å²) in [5.74, 6) is 2.11. The van der Waals surface area contributed by atoms with Crippen LogP contribution in [0.4, 0.5) is 0 Å². The summed E-state index contributed by atoms with van der Waals surface area (Å²) in [6.07, 6.45) is 14.1. The van der Waals surface area contributed by atoms with Gasteiger partial charge in [-0.2, -0.15) is 0 Å². The third-order valence-corrected chi connectivity index (χ3v) is 5.98. The number of rotatable bonds is 6. The summed E-state index contributed by atoms with van der Waals surface area (Å²) >= 11 is 0. The van der Waals surface area contributed by atoms with Gasteiger partial charge in [-0.15, -0.1) is 0 Å². The number of carbonyl (C=O) groups is 1. The summed E-state index contributed by atoms with van der Waals surface area (Å²) in [6.45, 7) is 2.83. The van der Waals surface area contributed by atoms with E-state index in [0.717, 1.165) is 37.4 Å². The molecule has 2 heterocycles. The van der Waals surface area contributed by atoms with Gasteiger partial charge in [0.25, 0.3) is 0 Å². The highest BCUT2D eigenvalue weighted by atomic mass is 16.5. The lowest BCUT2D eigenvalue weighted by Gasteiger charge is -2.31. The predicted molar refractivity (Wildman–Crippen MR) is 98.0 cm³/mol. The van der Waals surface area contributed by atoms with Crippen molar-refractivity contribution < 1.29 is 9.53 Å². The number of aryl methyl sites for hydroxylation is 1. The van der Waals surface area contributed by atoms with E-state index >= 15 is 0 Å². The average molecular weight is 348 g/mol. The van der Waals surface area contributed by atoms with Gasteiger partial charge in [0.15, 0.2) is 0 Å². The summed E-state index contributed by atoms with van der Waals surface area (Å²) in [5, 5.41) is 3.31. The van der Waals surface area contributed by atoms with E-state index in [-0.39, 0.29) is 24.0 Å². The standard InChI is InChI=1S/C20H33N3O2/c1-3-16(13-15-7-5-4-6-8-15)20(24)22-17-9-12-25-18(14-17)19-21-10-11-23(19)2/h10-11,15-18H,3-9,12-14H2,1-2H3,(H,22,24)/t16-,17+,18+/m1/s1. The molecule has 1 saturated heterocycles. The van der Waals surface area contributed by atoms with Crippen LogP contribution in [0.5, 0.6) is 0 Å². The molecule has 0 spiro atoms. The van der Waals surface area contributed by atoms with Crippen molar-refractivity contribution in [3.05, 3.63) is 18.2 Å². The van der Waals surface area contributed by atoms with E-state index in [1.54, 1.807) is 6.20 Å². The molecule has 1 aromatic heterocycles. The van der Waals surface area contributed by atoms with Crippen molar-refractivity contribution in [2.45, 2.75) is 76.9 Å². The maximum absolute atomic E-state index is 12.8. The molecule has 1 N–H and O–H groups in total. The summed E-state index contributed by atoms with van der Waals surface area (Å²) < 4.78 is 7.90. The molecule has 25 heavy (non-hydrogen) atoms. The quantitative estimate of drug-likeness (QED) is 0.852. The van der Waals surface area contributed by atoms with Crippen LogP contribution in [0.1, 0.15) is 76.6 Å². The Morgan fingerprint density at radius 3 is 2.84 bits per heavy atom. The number of nitrogens with zero attached hydrogens (tertiary/aromatic N) is 2. The first kappa shape index (κ1) is 18.4. The Morgan fingerprint density at radius 2 is 2.16 bits per heavy atom. The van der Waals surface area contributed by atoms with Gasteiger partial charge in [0.1, 0.15) is 11.9 Å². The summed E-state index contributed by atoms with van der Waals surface area (Å²) in [4.78, 5) is 17.2. The molecule has 1 aliphatic carbocycles. The topological polar surface area (TPSA) is 56.1 Å². The Kier molecular flexibility index (Phi) is 6.51. The van der Waals surface area contributed by atoms with Gasteiger partial charge in [0.2, 0.25) is 5.91 Å². The Morgan fingerprint density at radius 1 is 1.36 bits per heavy atom. The number of amides is 1. The van der Waals surface area contributed by atoms with Gasteiger partial charge in [0.05, 0.1) is 0 Å². The molecule has 0 unspecified atom stereocenters. The molecule has 1 saturated carbocycles. The number of imidazole rings is 1. The van der Waals surface area contributed by atoms with Gasteiger partial charge in [-0.05, 0) is 25.2 Å². The molecule has 1 aliphatic heterocycles. The van der Waals surface area contributed by atoms with Crippen LogP contribution in [0.2, 0.25) is 0 Å². The lowest BCUT2D eigenvalue weighted by molar-refractivity contribution is -0.127. The first-order valence-electron chi connectivity index (χ1n) is 10.1. The Bertz CT molecular complexity index is 551. The number of aromatic nitrogens is 2. The molecule has 3 atom stereocenters. The van der Waals surface area contributed by atoms with Gasteiger partial charge in [-0.1, -0.05) is 39.0 Å². The van der Waals surface area contributed by atoms with Crippen LogP contribution in [0.25, 0.3) is 0 Å². The Hall–Kier alpha value is -1.36. The van der Waals surface area contributed by atoms with Crippen molar-refractivity contribution in [1.29, 1.82) is 0 Å². The van der Waals surface area contributed by atoms with E-state index in [4.69, 9.17) is 4.74 Å². The fourth-order valence-corrected chi connectivity index (χ4v) is 4.40. The maximum atomic E-state index is 12.8. The second kappa shape index (κ2) is 8.84. The number of carbonyl (C=O) groups excluding carboxylic acids is 1. The third-order valence-electron chi connectivity index (χ3n) is 5.98. The van der Waals surface area contributed by atoms with Crippen molar-refractivity contribution in [2.75, 3.05) is 6.61 Å². The Labute approximate surface area is 151 Å². The molecule has 1 aromatic rings. The van der Waals surface area contributed by atoms with Crippen LogP contribution in [0.3, 0.4) is 0 Å². The Balaban J connectivity index is 1.52. The fraction of sp³-hybridized carbons (Fsp3) is 0.800. The zero-order chi connectivity index (χ0) is 17.6. The number of hydrogen-bond donors (Lipinski definition) is 1. The van der Waals surface area contributed by atoms with Gasteiger partial charge in [-0.25, -0.2) is 4.98 Å². The second-order valence-corrected chi connectivity index (χ2v) is 7.83. The molecule has 0 aromatic carbocycles. The SMILES string of the molecule is CC[C@H](CC1CCCCC1)C(=O)N[C@H]1CCO[C@H](c2nccn2C)C1.